The number of para-hydroxylation sites is 1. The number of nitrogens with zero attached hydrogens (tertiary/aromatic N) is 4. The minimum absolute atomic E-state index is 0.0127. The number of non-ortho nitro benzene ring substituents is 1. The Morgan fingerprint density at radius 1 is 1.03 bits per heavy atom. The van der Waals surface area contributed by atoms with Crippen LogP contribution in [0.2, 0.25) is 10.0 Å². The molecule has 0 atom stereocenters. The quantitative estimate of drug-likeness (QED) is 0.0996. The van der Waals surface area contributed by atoms with Crippen molar-refractivity contribution in [3.63, 3.8) is 0 Å². The fourth-order valence-electron chi connectivity index (χ4n) is 3.64. The standard InChI is InChI=1S/C26H23Cl2N5O3S/c27-20-11-8-18(23(28)17-20)14-15-29-24(34)7-4-16-37-26-31-30-25(32(26)21-5-2-1-3-6-21)19-9-12-22(13-10-19)33(35)36/h1-3,5-6,8-13,17H,4,7,14-16H2,(H,29,34). The largest absolute Gasteiger partial charge is 0.356 e. The van der Waals surface area contributed by atoms with Crippen molar-refractivity contribution in [2.45, 2.75) is 24.4 Å². The summed E-state index contributed by atoms with van der Waals surface area (Å²) in [7, 11) is 0. The summed E-state index contributed by atoms with van der Waals surface area (Å²) in [6.07, 6.45) is 1.67. The maximum absolute atomic E-state index is 12.3. The van der Waals surface area contributed by atoms with Gasteiger partial charge in [-0.05, 0) is 54.8 Å². The van der Waals surface area contributed by atoms with E-state index in [4.69, 9.17) is 23.2 Å². The second kappa shape index (κ2) is 12.7. The van der Waals surface area contributed by atoms with E-state index >= 15 is 0 Å². The number of benzene rings is 3. The molecule has 37 heavy (non-hydrogen) atoms. The van der Waals surface area contributed by atoms with Crippen LogP contribution >= 0.6 is 35.0 Å². The van der Waals surface area contributed by atoms with Crippen molar-refractivity contribution >= 4 is 46.6 Å². The first-order valence-electron chi connectivity index (χ1n) is 11.5. The van der Waals surface area contributed by atoms with E-state index in [2.05, 4.69) is 15.5 Å². The molecule has 1 aromatic heterocycles. The van der Waals surface area contributed by atoms with Crippen LogP contribution in [0.25, 0.3) is 17.1 Å². The summed E-state index contributed by atoms with van der Waals surface area (Å²) in [5.41, 5.74) is 2.54. The topological polar surface area (TPSA) is 103 Å². The zero-order valence-corrected chi connectivity index (χ0v) is 22.0. The molecule has 0 aliphatic carbocycles. The molecule has 0 saturated carbocycles. The molecule has 3 aromatic carbocycles. The number of halogens is 2. The lowest BCUT2D eigenvalue weighted by Crippen LogP contribution is -2.25. The van der Waals surface area contributed by atoms with E-state index in [9.17, 15) is 14.9 Å². The lowest BCUT2D eigenvalue weighted by molar-refractivity contribution is -0.384. The molecule has 11 heteroatoms. The number of carbonyl (C=O) groups excluding carboxylic acids is 1. The Labute approximate surface area is 228 Å². The van der Waals surface area contributed by atoms with E-state index in [-0.39, 0.29) is 11.6 Å². The summed E-state index contributed by atoms with van der Waals surface area (Å²) < 4.78 is 1.92. The van der Waals surface area contributed by atoms with Crippen molar-refractivity contribution in [3.8, 4) is 17.1 Å². The normalized spacial score (nSPS) is 10.9. The van der Waals surface area contributed by atoms with Gasteiger partial charge in [-0.25, -0.2) is 0 Å². The molecule has 1 amide bonds. The van der Waals surface area contributed by atoms with Gasteiger partial charge in [0.05, 0.1) is 4.92 Å². The molecule has 8 nitrogen and oxygen atoms in total. The summed E-state index contributed by atoms with van der Waals surface area (Å²) in [6, 6.07) is 21.2. The predicted octanol–water partition coefficient (Wildman–Crippen LogP) is 6.38. The molecule has 0 aliphatic heterocycles. The highest BCUT2D eigenvalue weighted by molar-refractivity contribution is 7.99. The first-order valence-corrected chi connectivity index (χ1v) is 13.3. The van der Waals surface area contributed by atoms with Crippen LogP contribution in [0.5, 0.6) is 0 Å². The van der Waals surface area contributed by atoms with Crippen LogP contribution in [0.4, 0.5) is 5.69 Å². The Hall–Kier alpha value is -3.40. The van der Waals surface area contributed by atoms with Crippen LogP contribution in [0.15, 0.2) is 78.0 Å². The van der Waals surface area contributed by atoms with Crippen molar-refractivity contribution in [1.82, 2.24) is 20.1 Å². The fourth-order valence-corrected chi connectivity index (χ4v) is 5.03. The van der Waals surface area contributed by atoms with Gasteiger partial charge in [0.15, 0.2) is 11.0 Å². The minimum Gasteiger partial charge on any atom is -0.356 e. The number of aromatic nitrogens is 3. The number of rotatable bonds is 11. The highest BCUT2D eigenvalue weighted by atomic mass is 35.5. The first-order chi connectivity index (χ1) is 17.9. The van der Waals surface area contributed by atoms with Gasteiger partial charge in [-0.1, -0.05) is 59.2 Å². The molecule has 0 spiro atoms. The molecule has 0 saturated heterocycles. The van der Waals surface area contributed by atoms with Crippen molar-refractivity contribution in [3.05, 3.63) is 98.5 Å². The number of nitro benzene ring substituents is 1. The third kappa shape index (κ3) is 7.09. The van der Waals surface area contributed by atoms with Gasteiger partial charge in [-0.15, -0.1) is 10.2 Å². The second-order valence-electron chi connectivity index (χ2n) is 8.07. The van der Waals surface area contributed by atoms with Crippen molar-refractivity contribution in [2.24, 2.45) is 0 Å². The summed E-state index contributed by atoms with van der Waals surface area (Å²) in [4.78, 5) is 22.9. The average Bonchev–Trinajstić information content (AvgIpc) is 3.32. The van der Waals surface area contributed by atoms with E-state index in [1.165, 1.54) is 23.9 Å². The molecule has 190 valence electrons. The van der Waals surface area contributed by atoms with Crippen LogP contribution in [0.3, 0.4) is 0 Å². The zero-order valence-electron chi connectivity index (χ0n) is 19.6. The van der Waals surface area contributed by atoms with Crippen LogP contribution in [-0.2, 0) is 11.2 Å². The highest BCUT2D eigenvalue weighted by Crippen LogP contribution is 2.29. The van der Waals surface area contributed by atoms with E-state index in [0.29, 0.717) is 58.1 Å². The van der Waals surface area contributed by atoms with E-state index < -0.39 is 4.92 Å². The third-order valence-corrected chi connectivity index (χ3v) is 7.10. The molecule has 1 heterocycles. The lowest BCUT2D eigenvalue weighted by Gasteiger charge is -2.10. The molecule has 0 aliphatic rings. The summed E-state index contributed by atoms with van der Waals surface area (Å²) >= 11 is 13.6. The number of hydrogen-bond donors (Lipinski definition) is 1. The summed E-state index contributed by atoms with van der Waals surface area (Å²) in [6.45, 7) is 0.494. The van der Waals surface area contributed by atoms with Gasteiger partial charge < -0.3 is 5.32 Å². The number of amides is 1. The molecule has 0 unspecified atom stereocenters. The molecule has 1 N–H and O–H groups in total. The van der Waals surface area contributed by atoms with Gasteiger partial charge in [-0.2, -0.15) is 0 Å². The Morgan fingerprint density at radius 2 is 1.78 bits per heavy atom. The SMILES string of the molecule is O=C(CCCSc1nnc(-c2ccc([N+](=O)[O-])cc2)n1-c1ccccc1)NCCc1ccc(Cl)cc1Cl. The Morgan fingerprint density at radius 3 is 2.49 bits per heavy atom. The van der Waals surface area contributed by atoms with Gasteiger partial charge >= 0.3 is 0 Å². The Balaban J connectivity index is 1.35. The van der Waals surface area contributed by atoms with Crippen LogP contribution in [0, 0.1) is 10.1 Å². The summed E-state index contributed by atoms with van der Waals surface area (Å²) in [5, 5.41) is 24.5. The van der Waals surface area contributed by atoms with Gasteiger partial charge in [-0.3, -0.25) is 19.5 Å². The number of carbonyl (C=O) groups is 1. The molecule has 0 fully saturated rings. The van der Waals surface area contributed by atoms with Crippen LogP contribution in [0.1, 0.15) is 18.4 Å². The van der Waals surface area contributed by atoms with Crippen LogP contribution in [-0.4, -0.2) is 37.9 Å². The smallest absolute Gasteiger partial charge is 0.269 e. The molecule has 4 rings (SSSR count). The third-order valence-electron chi connectivity index (χ3n) is 5.50. The van der Waals surface area contributed by atoms with Crippen molar-refractivity contribution in [1.29, 1.82) is 0 Å². The molecule has 4 aromatic rings. The lowest BCUT2D eigenvalue weighted by atomic mass is 10.1. The number of nitrogens with one attached hydrogen (secondary N) is 1. The van der Waals surface area contributed by atoms with E-state index in [1.807, 2.05) is 41.0 Å². The molecule has 0 radical (unpaired) electrons. The van der Waals surface area contributed by atoms with Gasteiger partial charge in [0, 0.05) is 52.1 Å². The highest BCUT2D eigenvalue weighted by Gasteiger charge is 2.17. The Kier molecular flexibility index (Phi) is 9.16. The monoisotopic (exact) mass is 555 g/mol. The number of hydrogen-bond acceptors (Lipinski definition) is 6. The molecule has 0 bridgehead atoms. The number of thioether (sulfide) groups is 1. The average molecular weight is 556 g/mol. The predicted molar refractivity (Wildman–Crippen MR) is 147 cm³/mol. The zero-order chi connectivity index (χ0) is 26.2. The summed E-state index contributed by atoms with van der Waals surface area (Å²) in [5.74, 6) is 1.23. The van der Waals surface area contributed by atoms with Gasteiger partial charge in [0.25, 0.3) is 5.69 Å². The molecular formula is C26H23Cl2N5O3S. The molecular weight excluding hydrogens is 533 g/mol. The minimum atomic E-state index is -0.435. The maximum Gasteiger partial charge on any atom is 0.269 e. The number of nitro groups is 1. The Bertz CT molecular complexity index is 1380. The van der Waals surface area contributed by atoms with Crippen molar-refractivity contribution in [2.75, 3.05) is 12.3 Å². The fraction of sp³-hybridized carbons (Fsp3) is 0.192. The van der Waals surface area contributed by atoms with E-state index in [1.54, 1.807) is 24.3 Å². The second-order valence-corrected chi connectivity index (χ2v) is 9.97. The van der Waals surface area contributed by atoms with Gasteiger partial charge in [0.1, 0.15) is 0 Å². The van der Waals surface area contributed by atoms with Gasteiger partial charge in [0.2, 0.25) is 5.91 Å². The van der Waals surface area contributed by atoms with Crippen LogP contribution < -0.4 is 5.32 Å². The van der Waals surface area contributed by atoms with Crippen molar-refractivity contribution < 1.29 is 9.72 Å². The van der Waals surface area contributed by atoms with E-state index in [0.717, 1.165) is 11.3 Å². The maximum atomic E-state index is 12.3. The first kappa shape index (κ1) is 26.7.